The lowest BCUT2D eigenvalue weighted by atomic mass is 10.0. The summed E-state index contributed by atoms with van der Waals surface area (Å²) in [4.78, 5) is 5.15. The first kappa shape index (κ1) is 12.3. The van der Waals surface area contributed by atoms with Crippen molar-refractivity contribution in [2.75, 3.05) is 26.7 Å². The van der Waals surface area contributed by atoms with E-state index in [4.69, 9.17) is 5.73 Å². The number of nitrogens with two attached hydrogens (primary N) is 1. The van der Waals surface area contributed by atoms with Gasteiger partial charge in [0, 0.05) is 37.8 Å². The highest BCUT2D eigenvalue weighted by Gasteiger charge is 2.29. The van der Waals surface area contributed by atoms with Gasteiger partial charge in [-0.2, -0.15) is 0 Å². The van der Waals surface area contributed by atoms with Crippen molar-refractivity contribution >= 4 is 0 Å². The van der Waals surface area contributed by atoms with Gasteiger partial charge in [-0.25, -0.2) is 0 Å². The Morgan fingerprint density at radius 3 is 2.25 bits per heavy atom. The van der Waals surface area contributed by atoms with Crippen molar-refractivity contribution in [3.05, 3.63) is 0 Å². The van der Waals surface area contributed by atoms with E-state index in [2.05, 4.69) is 30.7 Å². The molecule has 2 fully saturated rings. The monoisotopic (exact) mass is 225 g/mol. The molecule has 0 aromatic rings. The van der Waals surface area contributed by atoms with Gasteiger partial charge in [0.05, 0.1) is 0 Å². The number of hydrogen-bond donors (Lipinski definition) is 1. The topological polar surface area (TPSA) is 32.5 Å². The normalized spacial score (nSPS) is 42.8. The third kappa shape index (κ3) is 2.76. The number of rotatable bonds is 2. The fourth-order valence-electron chi connectivity index (χ4n) is 3.31. The molecule has 4 unspecified atom stereocenters. The second-order valence-corrected chi connectivity index (χ2v) is 6.02. The van der Waals surface area contributed by atoms with Gasteiger partial charge in [0.1, 0.15) is 0 Å². The molecule has 3 heteroatoms. The maximum atomic E-state index is 5.98. The molecule has 0 radical (unpaired) electrons. The first-order valence-electron chi connectivity index (χ1n) is 6.76. The van der Waals surface area contributed by atoms with Crippen LogP contribution >= 0.6 is 0 Å². The molecule has 1 heterocycles. The molecule has 3 nitrogen and oxygen atoms in total. The second-order valence-electron chi connectivity index (χ2n) is 6.02. The number of nitrogens with zero attached hydrogens (tertiary/aromatic N) is 2. The SMILES string of the molecule is CC1CN(CC2CCC(N)C2)CC(C)N1C. The molecular weight excluding hydrogens is 198 g/mol. The zero-order valence-corrected chi connectivity index (χ0v) is 11.0. The zero-order chi connectivity index (χ0) is 11.7. The van der Waals surface area contributed by atoms with Crippen molar-refractivity contribution < 1.29 is 0 Å². The average Bonchev–Trinajstić information content (AvgIpc) is 2.60. The minimum absolute atomic E-state index is 0.479. The molecule has 1 aliphatic carbocycles. The predicted octanol–water partition coefficient (Wildman–Crippen LogP) is 1.14. The molecule has 0 aromatic heterocycles. The van der Waals surface area contributed by atoms with Crippen LogP contribution in [0.25, 0.3) is 0 Å². The molecule has 0 bridgehead atoms. The first-order chi connectivity index (χ1) is 7.56. The molecule has 94 valence electrons. The summed E-state index contributed by atoms with van der Waals surface area (Å²) in [5.41, 5.74) is 5.98. The van der Waals surface area contributed by atoms with Crippen molar-refractivity contribution in [3.8, 4) is 0 Å². The van der Waals surface area contributed by atoms with Crippen LogP contribution in [0.5, 0.6) is 0 Å². The highest BCUT2D eigenvalue weighted by Crippen LogP contribution is 2.26. The van der Waals surface area contributed by atoms with Crippen molar-refractivity contribution in [1.82, 2.24) is 9.80 Å². The van der Waals surface area contributed by atoms with Crippen LogP contribution in [0.15, 0.2) is 0 Å². The number of hydrogen-bond acceptors (Lipinski definition) is 3. The van der Waals surface area contributed by atoms with Gasteiger partial charge in [0.25, 0.3) is 0 Å². The first-order valence-corrected chi connectivity index (χ1v) is 6.76. The van der Waals surface area contributed by atoms with E-state index in [-0.39, 0.29) is 0 Å². The standard InChI is InChI=1S/C13H27N3/c1-10-7-16(8-11(2)15(10)3)9-12-4-5-13(14)6-12/h10-13H,4-9,14H2,1-3H3. The zero-order valence-electron chi connectivity index (χ0n) is 11.0. The van der Waals surface area contributed by atoms with Gasteiger partial charge in [-0.1, -0.05) is 0 Å². The van der Waals surface area contributed by atoms with E-state index in [1.165, 1.54) is 38.9 Å². The lowest BCUT2D eigenvalue weighted by Gasteiger charge is -2.43. The largest absolute Gasteiger partial charge is 0.328 e. The van der Waals surface area contributed by atoms with E-state index in [0.717, 1.165) is 5.92 Å². The van der Waals surface area contributed by atoms with Crippen molar-refractivity contribution in [3.63, 3.8) is 0 Å². The highest BCUT2D eigenvalue weighted by atomic mass is 15.3. The Hall–Kier alpha value is -0.120. The Labute approximate surface area is 100.0 Å². The summed E-state index contributed by atoms with van der Waals surface area (Å²) >= 11 is 0. The van der Waals surface area contributed by atoms with Crippen molar-refractivity contribution in [2.45, 2.75) is 51.2 Å². The van der Waals surface area contributed by atoms with Crippen LogP contribution in [0.4, 0.5) is 0 Å². The van der Waals surface area contributed by atoms with E-state index < -0.39 is 0 Å². The second kappa shape index (κ2) is 5.03. The molecule has 4 atom stereocenters. The van der Waals surface area contributed by atoms with Gasteiger partial charge in [0.15, 0.2) is 0 Å². The average molecular weight is 225 g/mol. The minimum atomic E-state index is 0.479. The molecule has 2 aliphatic rings. The van der Waals surface area contributed by atoms with Gasteiger partial charge < -0.3 is 5.73 Å². The van der Waals surface area contributed by atoms with E-state index in [1.54, 1.807) is 0 Å². The molecule has 0 aromatic carbocycles. The Morgan fingerprint density at radius 1 is 1.12 bits per heavy atom. The molecule has 16 heavy (non-hydrogen) atoms. The Balaban J connectivity index is 1.82. The summed E-state index contributed by atoms with van der Waals surface area (Å²) in [6.07, 6.45) is 3.83. The van der Waals surface area contributed by atoms with Crippen LogP contribution in [0.1, 0.15) is 33.1 Å². The fraction of sp³-hybridized carbons (Fsp3) is 1.00. The summed E-state index contributed by atoms with van der Waals surface area (Å²) in [7, 11) is 2.25. The smallest absolute Gasteiger partial charge is 0.0195 e. The van der Waals surface area contributed by atoms with Crippen molar-refractivity contribution in [2.24, 2.45) is 11.7 Å². The molecule has 0 amide bonds. The number of likely N-dealkylation sites (N-methyl/N-ethyl adjacent to an activating group) is 1. The highest BCUT2D eigenvalue weighted by molar-refractivity contribution is 4.86. The third-order valence-corrected chi connectivity index (χ3v) is 4.53. The maximum absolute atomic E-state index is 5.98. The summed E-state index contributed by atoms with van der Waals surface area (Å²) in [5, 5.41) is 0. The molecule has 1 saturated heterocycles. The van der Waals surface area contributed by atoms with E-state index >= 15 is 0 Å². The molecule has 2 rings (SSSR count). The van der Waals surface area contributed by atoms with Gasteiger partial charge in [-0.3, -0.25) is 9.80 Å². The summed E-state index contributed by atoms with van der Waals surface area (Å²) in [6.45, 7) is 8.40. The van der Waals surface area contributed by atoms with Crippen LogP contribution in [-0.2, 0) is 0 Å². The summed E-state index contributed by atoms with van der Waals surface area (Å²) < 4.78 is 0. The van der Waals surface area contributed by atoms with Gasteiger partial charge in [-0.15, -0.1) is 0 Å². The molecule has 0 spiro atoms. The predicted molar refractivity (Wildman–Crippen MR) is 68.4 cm³/mol. The lowest BCUT2D eigenvalue weighted by Crippen LogP contribution is -2.55. The molecular formula is C13H27N3. The van der Waals surface area contributed by atoms with Gasteiger partial charge in [0.2, 0.25) is 0 Å². The van der Waals surface area contributed by atoms with E-state index in [1.807, 2.05) is 0 Å². The Morgan fingerprint density at radius 2 is 1.75 bits per heavy atom. The third-order valence-electron chi connectivity index (χ3n) is 4.53. The molecule has 1 saturated carbocycles. The number of piperazine rings is 1. The van der Waals surface area contributed by atoms with E-state index in [9.17, 15) is 0 Å². The summed E-state index contributed by atoms with van der Waals surface area (Å²) in [6, 6.07) is 1.87. The maximum Gasteiger partial charge on any atom is 0.0195 e. The lowest BCUT2D eigenvalue weighted by molar-refractivity contribution is 0.0511. The van der Waals surface area contributed by atoms with Gasteiger partial charge >= 0.3 is 0 Å². The van der Waals surface area contributed by atoms with Crippen LogP contribution in [-0.4, -0.2) is 54.6 Å². The quantitative estimate of drug-likeness (QED) is 0.765. The van der Waals surface area contributed by atoms with E-state index in [0.29, 0.717) is 18.1 Å². The van der Waals surface area contributed by atoms with Crippen molar-refractivity contribution in [1.29, 1.82) is 0 Å². The summed E-state index contributed by atoms with van der Waals surface area (Å²) in [5.74, 6) is 0.859. The fourth-order valence-corrected chi connectivity index (χ4v) is 3.31. The van der Waals surface area contributed by atoms with Crippen LogP contribution in [0.2, 0.25) is 0 Å². The Bertz CT molecular complexity index is 219. The molecule has 2 N–H and O–H groups in total. The molecule has 1 aliphatic heterocycles. The van der Waals surface area contributed by atoms with Crippen LogP contribution < -0.4 is 5.73 Å². The van der Waals surface area contributed by atoms with Crippen LogP contribution in [0, 0.1) is 5.92 Å². The Kier molecular flexibility index (Phi) is 3.88. The minimum Gasteiger partial charge on any atom is -0.328 e. The van der Waals surface area contributed by atoms with Gasteiger partial charge in [-0.05, 0) is 46.1 Å². The van der Waals surface area contributed by atoms with Crippen LogP contribution in [0.3, 0.4) is 0 Å².